The van der Waals surface area contributed by atoms with Crippen LogP contribution in [0, 0.1) is 0 Å². The van der Waals surface area contributed by atoms with Crippen LogP contribution in [-0.4, -0.2) is 36.7 Å². The van der Waals surface area contributed by atoms with E-state index in [0.717, 1.165) is 12.0 Å². The first-order valence-corrected chi connectivity index (χ1v) is 7.63. The van der Waals surface area contributed by atoms with Crippen LogP contribution in [0.1, 0.15) is 31.9 Å². The van der Waals surface area contributed by atoms with Crippen LogP contribution in [0.15, 0.2) is 17.1 Å². The normalized spacial score (nSPS) is 21.4. The second-order valence-electron chi connectivity index (χ2n) is 5.60. The number of aliphatic imine (C=N–C) groups is 1. The fraction of sp³-hybridized carbons (Fsp3) is 0.533. The van der Waals surface area contributed by atoms with Crippen LogP contribution in [0.25, 0.3) is 0 Å². The van der Waals surface area contributed by atoms with Crippen molar-refractivity contribution in [2.75, 3.05) is 19.8 Å². The van der Waals surface area contributed by atoms with Crippen molar-refractivity contribution in [3.05, 3.63) is 22.7 Å². The second kappa shape index (κ2) is 5.64. The van der Waals surface area contributed by atoms with Crippen LogP contribution in [-0.2, 0) is 0 Å². The van der Waals surface area contributed by atoms with Gasteiger partial charge in [-0.25, -0.2) is 0 Å². The Morgan fingerprint density at radius 3 is 2.86 bits per heavy atom. The standard InChI is InChI=1S/C15H20ClN3O2/c1-9(2)19-12(8-18-15(19)17)10-6-11(16)14-13(7-10)20-4-3-5-21-14/h6-7,9,12H,3-5,8H2,1-2H3,(H2,17,18). The molecule has 2 N–H and O–H groups in total. The first-order chi connectivity index (χ1) is 10.1. The highest BCUT2D eigenvalue weighted by Gasteiger charge is 2.31. The fourth-order valence-corrected chi connectivity index (χ4v) is 3.12. The van der Waals surface area contributed by atoms with Gasteiger partial charge in [-0.1, -0.05) is 11.6 Å². The van der Waals surface area contributed by atoms with E-state index in [1.807, 2.05) is 12.1 Å². The van der Waals surface area contributed by atoms with Crippen LogP contribution in [0.2, 0.25) is 5.02 Å². The third-order valence-corrected chi connectivity index (χ3v) is 4.07. The summed E-state index contributed by atoms with van der Waals surface area (Å²) in [5.41, 5.74) is 7.05. The van der Waals surface area contributed by atoms with Crippen molar-refractivity contribution in [3.63, 3.8) is 0 Å². The van der Waals surface area contributed by atoms with Gasteiger partial charge in [-0.2, -0.15) is 0 Å². The van der Waals surface area contributed by atoms with Gasteiger partial charge in [0.05, 0.1) is 30.8 Å². The molecule has 5 nitrogen and oxygen atoms in total. The molecule has 1 aromatic carbocycles. The largest absolute Gasteiger partial charge is 0.489 e. The van der Waals surface area contributed by atoms with E-state index in [4.69, 9.17) is 26.8 Å². The summed E-state index contributed by atoms with van der Waals surface area (Å²) in [7, 11) is 0. The van der Waals surface area contributed by atoms with E-state index in [0.29, 0.717) is 42.2 Å². The minimum absolute atomic E-state index is 0.0969. The van der Waals surface area contributed by atoms with Gasteiger partial charge in [-0.15, -0.1) is 0 Å². The number of nitrogens with two attached hydrogens (primary N) is 1. The van der Waals surface area contributed by atoms with E-state index in [2.05, 4.69) is 23.7 Å². The predicted octanol–water partition coefficient (Wildman–Crippen LogP) is 2.58. The molecule has 2 aliphatic heterocycles. The van der Waals surface area contributed by atoms with E-state index in [-0.39, 0.29) is 12.1 Å². The van der Waals surface area contributed by atoms with Gasteiger partial charge in [0.25, 0.3) is 0 Å². The summed E-state index contributed by atoms with van der Waals surface area (Å²) >= 11 is 6.37. The fourth-order valence-electron chi connectivity index (χ4n) is 2.84. The molecule has 2 aliphatic rings. The molecule has 1 unspecified atom stereocenters. The molecule has 0 spiro atoms. The van der Waals surface area contributed by atoms with E-state index in [1.165, 1.54) is 0 Å². The van der Waals surface area contributed by atoms with Gasteiger partial charge in [0, 0.05) is 12.5 Å². The van der Waals surface area contributed by atoms with Crippen LogP contribution in [0.4, 0.5) is 0 Å². The van der Waals surface area contributed by atoms with Gasteiger partial charge in [-0.05, 0) is 31.5 Å². The molecule has 3 rings (SSSR count). The van der Waals surface area contributed by atoms with Crippen molar-refractivity contribution in [1.82, 2.24) is 4.90 Å². The third-order valence-electron chi connectivity index (χ3n) is 3.79. The molecular weight excluding hydrogens is 290 g/mol. The maximum absolute atomic E-state index is 6.37. The Labute approximate surface area is 129 Å². The van der Waals surface area contributed by atoms with E-state index in [9.17, 15) is 0 Å². The second-order valence-corrected chi connectivity index (χ2v) is 6.00. The Morgan fingerprint density at radius 1 is 1.33 bits per heavy atom. The molecular formula is C15H20ClN3O2. The van der Waals surface area contributed by atoms with Crippen molar-refractivity contribution in [3.8, 4) is 11.5 Å². The molecule has 0 aliphatic carbocycles. The highest BCUT2D eigenvalue weighted by Crippen LogP contribution is 2.41. The molecule has 0 fully saturated rings. The molecule has 114 valence electrons. The van der Waals surface area contributed by atoms with E-state index in [1.54, 1.807) is 0 Å². The average molecular weight is 310 g/mol. The molecule has 1 atom stereocenters. The minimum atomic E-state index is 0.0969. The van der Waals surface area contributed by atoms with Crippen molar-refractivity contribution in [2.45, 2.75) is 32.4 Å². The number of rotatable bonds is 2. The Hall–Kier alpha value is -1.62. The van der Waals surface area contributed by atoms with Gasteiger partial charge in [-0.3, -0.25) is 4.99 Å². The quantitative estimate of drug-likeness (QED) is 0.912. The average Bonchev–Trinajstić information content (AvgIpc) is 2.67. The number of hydrogen-bond donors (Lipinski definition) is 1. The van der Waals surface area contributed by atoms with Gasteiger partial charge in [0.2, 0.25) is 0 Å². The van der Waals surface area contributed by atoms with Crippen molar-refractivity contribution >= 4 is 17.6 Å². The van der Waals surface area contributed by atoms with Gasteiger partial charge in [0.1, 0.15) is 0 Å². The van der Waals surface area contributed by atoms with Crippen molar-refractivity contribution < 1.29 is 9.47 Å². The van der Waals surface area contributed by atoms with Gasteiger partial charge < -0.3 is 20.1 Å². The number of benzene rings is 1. The molecule has 2 heterocycles. The zero-order valence-electron chi connectivity index (χ0n) is 12.3. The molecule has 0 saturated heterocycles. The minimum Gasteiger partial charge on any atom is -0.489 e. The maximum atomic E-state index is 6.37. The monoisotopic (exact) mass is 309 g/mol. The van der Waals surface area contributed by atoms with Crippen molar-refractivity contribution in [1.29, 1.82) is 0 Å². The molecule has 0 bridgehead atoms. The summed E-state index contributed by atoms with van der Waals surface area (Å²) in [5.74, 6) is 1.93. The van der Waals surface area contributed by atoms with Crippen LogP contribution < -0.4 is 15.2 Å². The molecule has 1 aromatic rings. The number of guanidine groups is 1. The topological polar surface area (TPSA) is 60.1 Å². The molecule has 0 aromatic heterocycles. The summed E-state index contributed by atoms with van der Waals surface area (Å²) < 4.78 is 11.4. The lowest BCUT2D eigenvalue weighted by Gasteiger charge is -2.30. The van der Waals surface area contributed by atoms with Gasteiger partial charge in [0.15, 0.2) is 17.5 Å². The summed E-state index contributed by atoms with van der Waals surface area (Å²) in [6.07, 6.45) is 0.859. The van der Waals surface area contributed by atoms with Crippen LogP contribution in [0.3, 0.4) is 0 Å². The van der Waals surface area contributed by atoms with E-state index < -0.39 is 0 Å². The SMILES string of the molecule is CC(C)N1C(N)=NCC1c1cc(Cl)c2c(c1)OCCCO2. The summed E-state index contributed by atoms with van der Waals surface area (Å²) in [6.45, 7) is 6.12. The predicted molar refractivity (Wildman–Crippen MR) is 83.3 cm³/mol. The lowest BCUT2D eigenvalue weighted by molar-refractivity contribution is 0.287. The highest BCUT2D eigenvalue weighted by atomic mass is 35.5. The summed E-state index contributed by atoms with van der Waals surface area (Å²) in [6, 6.07) is 4.31. The Bertz CT molecular complexity index is 574. The number of halogens is 1. The number of fused-ring (bicyclic) bond motifs is 1. The number of nitrogens with zero attached hydrogens (tertiary/aromatic N) is 2. The summed E-state index contributed by atoms with van der Waals surface area (Å²) in [5, 5.41) is 0.582. The lowest BCUT2D eigenvalue weighted by Crippen LogP contribution is -2.40. The molecule has 0 saturated carbocycles. The summed E-state index contributed by atoms with van der Waals surface area (Å²) in [4.78, 5) is 6.47. The smallest absolute Gasteiger partial charge is 0.192 e. The number of hydrogen-bond acceptors (Lipinski definition) is 5. The van der Waals surface area contributed by atoms with Crippen LogP contribution >= 0.6 is 11.6 Å². The first kappa shape index (κ1) is 14.3. The zero-order chi connectivity index (χ0) is 15.0. The zero-order valence-corrected chi connectivity index (χ0v) is 13.1. The molecule has 0 radical (unpaired) electrons. The van der Waals surface area contributed by atoms with Crippen LogP contribution in [0.5, 0.6) is 11.5 Å². The Kier molecular flexibility index (Phi) is 3.85. The third kappa shape index (κ3) is 2.62. The molecule has 21 heavy (non-hydrogen) atoms. The molecule has 0 amide bonds. The first-order valence-electron chi connectivity index (χ1n) is 7.25. The van der Waals surface area contributed by atoms with Gasteiger partial charge >= 0.3 is 0 Å². The van der Waals surface area contributed by atoms with E-state index >= 15 is 0 Å². The van der Waals surface area contributed by atoms with Crippen molar-refractivity contribution in [2.24, 2.45) is 10.7 Å². The number of ether oxygens (including phenoxy) is 2. The Balaban J connectivity index is 1.96. The molecule has 6 heteroatoms. The highest BCUT2D eigenvalue weighted by molar-refractivity contribution is 6.32. The Morgan fingerprint density at radius 2 is 2.10 bits per heavy atom. The lowest BCUT2D eigenvalue weighted by atomic mass is 10.0. The maximum Gasteiger partial charge on any atom is 0.192 e.